The summed E-state index contributed by atoms with van der Waals surface area (Å²) in [5.74, 6) is -1.05. The molecular formula is C17H20N2O5. The number of hydrogen-bond acceptors (Lipinski definition) is 5. The molecule has 0 unspecified atom stereocenters. The Kier molecular flexibility index (Phi) is 4.28. The number of benzene rings is 1. The van der Waals surface area contributed by atoms with E-state index >= 15 is 0 Å². The predicted octanol–water partition coefficient (Wildman–Crippen LogP) is 1.18. The topological polar surface area (TPSA) is 76.2 Å². The van der Waals surface area contributed by atoms with Gasteiger partial charge in [0.2, 0.25) is 11.6 Å². The van der Waals surface area contributed by atoms with E-state index < -0.39 is 11.6 Å². The van der Waals surface area contributed by atoms with Crippen LogP contribution in [0.1, 0.15) is 30.1 Å². The number of methoxy groups -OCH3 is 1. The van der Waals surface area contributed by atoms with E-state index in [4.69, 9.17) is 9.47 Å². The van der Waals surface area contributed by atoms with Crippen LogP contribution in [0, 0.1) is 0 Å². The van der Waals surface area contributed by atoms with Crippen molar-refractivity contribution in [1.29, 1.82) is 0 Å². The summed E-state index contributed by atoms with van der Waals surface area (Å²) in [5.41, 5.74) is -0.549. The smallest absolute Gasteiger partial charge is 0.353 e. The van der Waals surface area contributed by atoms with Gasteiger partial charge in [-0.1, -0.05) is 12.1 Å². The molecule has 0 radical (unpaired) electrons. The van der Waals surface area contributed by atoms with Gasteiger partial charge in [-0.05, 0) is 19.1 Å². The molecule has 7 heteroatoms. The van der Waals surface area contributed by atoms with E-state index in [-0.39, 0.29) is 44.4 Å². The average molecular weight is 332 g/mol. The van der Waals surface area contributed by atoms with Gasteiger partial charge in [-0.3, -0.25) is 14.5 Å². The van der Waals surface area contributed by atoms with Gasteiger partial charge in [0.25, 0.3) is 5.91 Å². The van der Waals surface area contributed by atoms with Crippen molar-refractivity contribution in [2.24, 2.45) is 0 Å². The number of anilines is 1. The van der Waals surface area contributed by atoms with E-state index in [1.807, 2.05) is 0 Å². The molecule has 0 spiro atoms. The Bertz CT molecular complexity index is 689. The van der Waals surface area contributed by atoms with Crippen molar-refractivity contribution in [2.45, 2.75) is 25.4 Å². The number of fused-ring (bicyclic) bond motifs is 3. The third kappa shape index (κ3) is 2.19. The van der Waals surface area contributed by atoms with Gasteiger partial charge in [0.1, 0.15) is 0 Å². The Morgan fingerprint density at radius 3 is 2.75 bits per heavy atom. The zero-order chi connectivity index (χ0) is 17.3. The molecule has 1 saturated heterocycles. The van der Waals surface area contributed by atoms with Crippen LogP contribution in [0.4, 0.5) is 5.69 Å². The molecule has 2 heterocycles. The van der Waals surface area contributed by atoms with E-state index in [0.29, 0.717) is 11.3 Å². The fourth-order valence-corrected chi connectivity index (χ4v) is 3.48. The minimum absolute atomic E-state index is 0.177. The Labute approximate surface area is 140 Å². The van der Waals surface area contributed by atoms with Crippen molar-refractivity contribution in [2.75, 3.05) is 31.8 Å². The zero-order valence-electron chi connectivity index (χ0n) is 13.8. The summed E-state index contributed by atoms with van der Waals surface area (Å²) in [6.45, 7) is 2.34. The minimum atomic E-state index is -1.42. The van der Waals surface area contributed by atoms with Crippen LogP contribution < -0.4 is 4.90 Å². The first kappa shape index (κ1) is 16.4. The maximum absolute atomic E-state index is 13.0. The minimum Gasteiger partial charge on any atom is -0.463 e. The van der Waals surface area contributed by atoms with Crippen molar-refractivity contribution in [3.05, 3.63) is 29.8 Å². The molecule has 2 amide bonds. The number of hydrogen-bond donors (Lipinski definition) is 0. The third-order valence-electron chi connectivity index (χ3n) is 4.50. The van der Waals surface area contributed by atoms with E-state index in [2.05, 4.69) is 0 Å². The van der Waals surface area contributed by atoms with Gasteiger partial charge in [-0.2, -0.15) is 0 Å². The van der Waals surface area contributed by atoms with Crippen LogP contribution in [0.15, 0.2) is 24.3 Å². The number of carbonyl (C=O) groups excluding carboxylic acids is 3. The molecular weight excluding hydrogens is 312 g/mol. The normalized spacial score (nSPS) is 22.4. The van der Waals surface area contributed by atoms with Crippen LogP contribution in [0.25, 0.3) is 0 Å². The molecule has 0 aliphatic carbocycles. The maximum Gasteiger partial charge on any atom is 0.353 e. The van der Waals surface area contributed by atoms with E-state index in [0.717, 1.165) is 0 Å². The van der Waals surface area contributed by atoms with Crippen molar-refractivity contribution in [3.63, 3.8) is 0 Å². The van der Waals surface area contributed by atoms with Gasteiger partial charge < -0.3 is 14.4 Å². The fraction of sp³-hybridized carbons (Fsp3) is 0.471. The second kappa shape index (κ2) is 6.24. The summed E-state index contributed by atoms with van der Waals surface area (Å²) in [4.78, 5) is 41.2. The zero-order valence-corrected chi connectivity index (χ0v) is 13.8. The summed E-state index contributed by atoms with van der Waals surface area (Å²) in [7, 11) is 1.52. The maximum atomic E-state index is 13.0. The summed E-state index contributed by atoms with van der Waals surface area (Å²) >= 11 is 0. The van der Waals surface area contributed by atoms with E-state index in [9.17, 15) is 14.4 Å². The van der Waals surface area contributed by atoms with E-state index in [1.54, 1.807) is 31.2 Å². The molecule has 1 aromatic carbocycles. The first-order valence-corrected chi connectivity index (χ1v) is 7.98. The SMILES string of the molecule is CCOC(=O)[C@]12CCC(=O)N1c1ccccc1C(=O)N2CCOC. The number of carbonyl (C=O) groups is 3. The number of rotatable bonds is 5. The second-order valence-electron chi connectivity index (χ2n) is 5.73. The fourth-order valence-electron chi connectivity index (χ4n) is 3.48. The highest BCUT2D eigenvalue weighted by molar-refractivity contribution is 6.15. The molecule has 0 saturated carbocycles. The van der Waals surface area contributed by atoms with Crippen molar-refractivity contribution < 1.29 is 23.9 Å². The van der Waals surface area contributed by atoms with Crippen molar-refractivity contribution in [3.8, 4) is 0 Å². The van der Waals surface area contributed by atoms with Crippen LogP contribution in [0.3, 0.4) is 0 Å². The van der Waals surface area contributed by atoms with E-state index in [1.165, 1.54) is 16.9 Å². The monoisotopic (exact) mass is 332 g/mol. The number of nitrogens with zero attached hydrogens (tertiary/aromatic N) is 2. The van der Waals surface area contributed by atoms with Crippen LogP contribution >= 0.6 is 0 Å². The molecule has 0 N–H and O–H groups in total. The molecule has 2 aliphatic rings. The van der Waals surface area contributed by atoms with Crippen LogP contribution in [0.5, 0.6) is 0 Å². The number of ether oxygens (including phenoxy) is 2. The molecule has 0 aromatic heterocycles. The highest BCUT2D eigenvalue weighted by atomic mass is 16.5. The van der Waals surface area contributed by atoms with Crippen LogP contribution in [-0.2, 0) is 19.1 Å². The summed E-state index contributed by atoms with van der Waals surface area (Å²) in [6, 6.07) is 6.85. The Morgan fingerprint density at radius 1 is 1.29 bits per heavy atom. The Morgan fingerprint density at radius 2 is 2.04 bits per heavy atom. The standard InChI is InChI=1S/C17H20N2O5/c1-3-24-16(22)17-9-8-14(20)19(17)13-7-5-4-6-12(13)15(21)18(17)10-11-23-2/h4-7H,3,8-11H2,1-2H3/t17-/m0/s1. The largest absolute Gasteiger partial charge is 0.463 e. The first-order valence-electron chi connectivity index (χ1n) is 7.98. The molecule has 128 valence electrons. The van der Waals surface area contributed by atoms with Crippen molar-refractivity contribution in [1.82, 2.24) is 4.90 Å². The number of esters is 1. The molecule has 2 aliphatic heterocycles. The lowest BCUT2D eigenvalue weighted by atomic mass is 9.96. The van der Waals surface area contributed by atoms with Gasteiger partial charge in [-0.25, -0.2) is 4.79 Å². The van der Waals surface area contributed by atoms with Gasteiger partial charge >= 0.3 is 5.97 Å². The second-order valence-corrected chi connectivity index (χ2v) is 5.73. The van der Waals surface area contributed by atoms with Gasteiger partial charge in [-0.15, -0.1) is 0 Å². The lowest BCUT2D eigenvalue weighted by Crippen LogP contribution is -2.69. The third-order valence-corrected chi connectivity index (χ3v) is 4.50. The summed E-state index contributed by atoms with van der Waals surface area (Å²) < 4.78 is 10.3. The molecule has 1 atom stereocenters. The van der Waals surface area contributed by atoms with Gasteiger partial charge in [0.15, 0.2) is 0 Å². The lowest BCUT2D eigenvalue weighted by Gasteiger charge is -2.48. The molecule has 1 aromatic rings. The molecule has 24 heavy (non-hydrogen) atoms. The summed E-state index contributed by atoms with van der Waals surface area (Å²) in [6.07, 6.45) is 0.401. The Balaban J connectivity index is 2.18. The molecule has 1 fully saturated rings. The highest BCUT2D eigenvalue weighted by Gasteiger charge is 2.61. The first-order chi connectivity index (χ1) is 11.6. The van der Waals surface area contributed by atoms with Crippen LogP contribution in [-0.4, -0.2) is 55.2 Å². The number of para-hydroxylation sites is 1. The van der Waals surface area contributed by atoms with Gasteiger partial charge in [0.05, 0.1) is 24.5 Å². The average Bonchev–Trinajstić information content (AvgIpc) is 2.94. The van der Waals surface area contributed by atoms with Crippen molar-refractivity contribution >= 4 is 23.5 Å². The Hall–Kier alpha value is -2.41. The molecule has 3 rings (SSSR count). The molecule has 0 bridgehead atoms. The molecule has 7 nitrogen and oxygen atoms in total. The highest BCUT2D eigenvalue weighted by Crippen LogP contribution is 2.44. The number of amides is 2. The van der Waals surface area contributed by atoms with Crippen LogP contribution in [0.2, 0.25) is 0 Å². The van der Waals surface area contributed by atoms with Gasteiger partial charge in [0, 0.05) is 26.5 Å². The quantitative estimate of drug-likeness (QED) is 0.757. The summed E-state index contributed by atoms with van der Waals surface area (Å²) in [5, 5.41) is 0. The lowest BCUT2D eigenvalue weighted by molar-refractivity contribution is -0.157. The predicted molar refractivity (Wildman–Crippen MR) is 85.4 cm³/mol.